The lowest BCUT2D eigenvalue weighted by Crippen LogP contribution is -2.24. The predicted octanol–water partition coefficient (Wildman–Crippen LogP) is 4.08. The number of esters is 1. The number of carbonyl (C=O) groups excluding carboxylic acids is 1. The predicted molar refractivity (Wildman–Crippen MR) is 86.6 cm³/mol. The Morgan fingerprint density at radius 2 is 1.41 bits per heavy atom. The third-order valence-electron chi connectivity index (χ3n) is 3.77. The number of unbranched alkanes of at least 4 members (excludes halogenated alkanes) is 10. The van der Waals surface area contributed by atoms with Gasteiger partial charge in [-0.15, -0.1) is 0 Å². The fourth-order valence-electron chi connectivity index (χ4n) is 2.31. The Morgan fingerprint density at radius 1 is 0.909 bits per heavy atom. The summed E-state index contributed by atoms with van der Waals surface area (Å²) in [6, 6.07) is 0. The van der Waals surface area contributed by atoms with Crippen molar-refractivity contribution in [2.45, 2.75) is 90.1 Å². The van der Waals surface area contributed by atoms with Crippen molar-refractivity contribution in [2.75, 3.05) is 13.2 Å². The Balaban J connectivity index is 3.23. The summed E-state index contributed by atoms with van der Waals surface area (Å²) in [6.07, 6.45) is 13.2. The summed E-state index contributed by atoms with van der Waals surface area (Å²) < 4.78 is 4.89. The maximum atomic E-state index is 11.4. The minimum Gasteiger partial charge on any atom is -0.463 e. The van der Waals surface area contributed by atoms with E-state index in [2.05, 4.69) is 11.8 Å². The van der Waals surface area contributed by atoms with Crippen molar-refractivity contribution in [1.29, 1.82) is 0 Å². The number of aliphatic hydroxyl groups is 1. The van der Waals surface area contributed by atoms with Crippen LogP contribution in [0.3, 0.4) is 0 Å². The van der Waals surface area contributed by atoms with Gasteiger partial charge in [-0.05, 0) is 6.42 Å². The maximum absolute atomic E-state index is 11.4. The molecular weight excluding hydrogens is 284 g/mol. The molecule has 0 spiro atoms. The van der Waals surface area contributed by atoms with Gasteiger partial charge in [0.05, 0.1) is 6.61 Å². The molecule has 0 heterocycles. The normalized spacial score (nSPS) is 12.3. The van der Waals surface area contributed by atoms with Crippen LogP contribution in [-0.4, -0.2) is 35.7 Å². The highest BCUT2D eigenvalue weighted by molar-refractivity contribution is 5.69. The van der Waals surface area contributed by atoms with Crippen molar-refractivity contribution < 1.29 is 24.8 Å². The van der Waals surface area contributed by atoms with E-state index in [1.807, 2.05) is 0 Å². The van der Waals surface area contributed by atoms with E-state index < -0.39 is 6.10 Å². The minimum atomic E-state index is -0.846. The van der Waals surface area contributed by atoms with Crippen LogP contribution in [0.4, 0.5) is 0 Å². The molecule has 0 aromatic heterocycles. The molecule has 0 saturated carbocycles. The summed E-state index contributed by atoms with van der Waals surface area (Å²) in [5.41, 5.74) is 0. The van der Waals surface area contributed by atoms with E-state index in [1.54, 1.807) is 0 Å². The first-order valence-electron chi connectivity index (χ1n) is 8.81. The summed E-state index contributed by atoms with van der Waals surface area (Å²) in [4.78, 5) is 15.3. The molecule has 2 N–H and O–H groups in total. The molecular formula is C17H34O5. The highest BCUT2D eigenvalue weighted by Crippen LogP contribution is 2.12. The highest BCUT2D eigenvalue weighted by atomic mass is 17.1. The van der Waals surface area contributed by atoms with Gasteiger partial charge in [-0.25, -0.2) is 4.89 Å². The maximum Gasteiger partial charge on any atom is 0.305 e. The minimum absolute atomic E-state index is 0.107. The van der Waals surface area contributed by atoms with Crippen molar-refractivity contribution in [1.82, 2.24) is 0 Å². The molecule has 0 aromatic carbocycles. The molecule has 1 unspecified atom stereocenters. The van der Waals surface area contributed by atoms with Gasteiger partial charge in [-0.3, -0.25) is 10.1 Å². The van der Waals surface area contributed by atoms with E-state index >= 15 is 0 Å². The number of rotatable bonds is 16. The lowest BCUT2D eigenvalue weighted by atomic mass is 10.1. The van der Waals surface area contributed by atoms with E-state index in [1.165, 1.54) is 57.8 Å². The van der Waals surface area contributed by atoms with E-state index in [0.29, 0.717) is 6.42 Å². The van der Waals surface area contributed by atoms with Crippen molar-refractivity contribution in [2.24, 2.45) is 0 Å². The molecule has 0 saturated heterocycles. The first-order valence-corrected chi connectivity index (χ1v) is 8.81. The first kappa shape index (κ1) is 21.4. The second-order valence-electron chi connectivity index (χ2n) is 5.88. The Morgan fingerprint density at radius 3 is 1.86 bits per heavy atom. The van der Waals surface area contributed by atoms with Gasteiger partial charge < -0.3 is 9.84 Å². The van der Waals surface area contributed by atoms with Gasteiger partial charge in [0.2, 0.25) is 0 Å². The van der Waals surface area contributed by atoms with Gasteiger partial charge in [0.1, 0.15) is 12.7 Å². The van der Waals surface area contributed by atoms with Gasteiger partial charge in [0, 0.05) is 6.42 Å². The summed E-state index contributed by atoms with van der Waals surface area (Å²) in [5.74, 6) is -0.300. The molecule has 0 fully saturated rings. The first-order chi connectivity index (χ1) is 10.7. The Kier molecular flexibility index (Phi) is 16.2. The molecule has 5 nitrogen and oxygen atoms in total. The second kappa shape index (κ2) is 16.7. The molecule has 0 amide bonds. The lowest BCUT2D eigenvalue weighted by Gasteiger charge is -2.10. The molecule has 0 aliphatic rings. The van der Waals surface area contributed by atoms with Gasteiger partial charge in [-0.2, -0.15) is 0 Å². The molecule has 22 heavy (non-hydrogen) atoms. The van der Waals surface area contributed by atoms with E-state index in [9.17, 15) is 4.79 Å². The van der Waals surface area contributed by atoms with E-state index in [-0.39, 0.29) is 19.2 Å². The average molecular weight is 318 g/mol. The fourth-order valence-corrected chi connectivity index (χ4v) is 2.31. The van der Waals surface area contributed by atoms with Crippen molar-refractivity contribution in [3.63, 3.8) is 0 Å². The van der Waals surface area contributed by atoms with Crippen LogP contribution in [0.1, 0.15) is 84.0 Å². The molecule has 0 aliphatic heterocycles. The molecule has 0 aliphatic carbocycles. The van der Waals surface area contributed by atoms with Crippen LogP contribution in [0.25, 0.3) is 0 Å². The van der Waals surface area contributed by atoms with Crippen LogP contribution in [0.5, 0.6) is 0 Å². The smallest absolute Gasteiger partial charge is 0.305 e. The van der Waals surface area contributed by atoms with Crippen molar-refractivity contribution in [3.8, 4) is 0 Å². The molecule has 0 bridgehead atoms. The van der Waals surface area contributed by atoms with Gasteiger partial charge in [0.25, 0.3) is 0 Å². The number of aliphatic hydroxyl groups excluding tert-OH is 1. The van der Waals surface area contributed by atoms with Crippen LogP contribution in [0, 0.1) is 0 Å². The Bertz CT molecular complexity index is 241. The molecule has 0 aromatic rings. The molecule has 1 atom stereocenters. The summed E-state index contributed by atoms with van der Waals surface area (Å²) >= 11 is 0. The lowest BCUT2D eigenvalue weighted by molar-refractivity contribution is -0.291. The van der Waals surface area contributed by atoms with Crippen LogP contribution >= 0.6 is 0 Å². The third-order valence-corrected chi connectivity index (χ3v) is 3.77. The van der Waals surface area contributed by atoms with Gasteiger partial charge >= 0.3 is 5.97 Å². The molecule has 0 radical (unpaired) electrons. The van der Waals surface area contributed by atoms with Crippen molar-refractivity contribution in [3.05, 3.63) is 0 Å². The largest absolute Gasteiger partial charge is 0.463 e. The zero-order chi connectivity index (χ0) is 16.5. The van der Waals surface area contributed by atoms with Crippen LogP contribution < -0.4 is 0 Å². The SMILES string of the molecule is CCCCCCCCCCCCCC(=O)OCC(CO)OO. The summed E-state index contributed by atoms with van der Waals surface area (Å²) in [7, 11) is 0. The zero-order valence-corrected chi connectivity index (χ0v) is 14.1. The zero-order valence-electron chi connectivity index (χ0n) is 14.1. The van der Waals surface area contributed by atoms with Crippen LogP contribution in [0.15, 0.2) is 0 Å². The third kappa shape index (κ3) is 14.3. The number of ether oxygens (including phenoxy) is 1. The number of carbonyl (C=O) groups is 1. The molecule has 132 valence electrons. The number of hydrogen-bond donors (Lipinski definition) is 2. The van der Waals surface area contributed by atoms with Gasteiger partial charge in [-0.1, -0.05) is 71.1 Å². The van der Waals surface area contributed by atoms with E-state index in [4.69, 9.17) is 15.1 Å². The Hall–Kier alpha value is -0.650. The van der Waals surface area contributed by atoms with Gasteiger partial charge in [0.15, 0.2) is 0 Å². The number of hydrogen-bond acceptors (Lipinski definition) is 5. The fraction of sp³-hybridized carbons (Fsp3) is 0.941. The topological polar surface area (TPSA) is 76.0 Å². The Labute approximate surface area is 134 Å². The average Bonchev–Trinajstić information content (AvgIpc) is 2.53. The quantitative estimate of drug-likeness (QED) is 0.194. The second-order valence-corrected chi connectivity index (χ2v) is 5.88. The molecule has 5 heteroatoms. The summed E-state index contributed by atoms with van der Waals surface area (Å²) in [5, 5.41) is 17.1. The molecule has 0 rings (SSSR count). The van der Waals surface area contributed by atoms with E-state index in [0.717, 1.165) is 12.8 Å². The van der Waals surface area contributed by atoms with Crippen LogP contribution in [0.2, 0.25) is 0 Å². The standard InChI is InChI=1S/C17H34O5/c1-2-3-4-5-6-7-8-9-10-11-12-13-17(19)21-15-16(14-18)22-20/h16,18,20H,2-15H2,1H3. The summed E-state index contributed by atoms with van der Waals surface area (Å²) in [6.45, 7) is 1.76. The van der Waals surface area contributed by atoms with Crippen molar-refractivity contribution >= 4 is 5.97 Å². The monoisotopic (exact) mass is 318 g/mol. The highest BCUT2D eigenvalue weighted by Gasteiger charge is 2.10. The van der Waals surface area contributed by atoms with Crippen LogP contribution in [-0.2, 0) is 14.4 Å².